The lowest BCUT2D eigenvalue weighted by molar-refractivity contribution is 0.705. The molecular weight excluding hydrogens is 267 g/mol. The van der Waals surface area contributed by atoms with Crippen LogP contribution in [0.4, 0.5) is 0 Å². The van der Waals surface area contributed by atoms with E-state index in [0.717, 1.165) is 45.5 Å². The Morgan fingerprint density at radius 2 is 1.85 bits per heavy atom. The van der Waals surface area contributed by atoms with Gasteiger partial charge in [0.15, 0.2) is 0 Å². The highest BCUT2D eigenvalue weighted by atomic mass is 31.1. The monoisotopic (exact) mass is 300 g/mol. The van der Waals surface area contributed by atoms with E-state index in [1.54, 1.807) is 0 Å². The third-order valence-corrected chi connectivity index (χ3v) is 4.18. The summed E-state index contributed by atoms with van der Waals surface area (Å²) in [5.74, 6) is 5.49. The minimum atomic E-state index is 0.842. The van der Waals surface area contributed by atoms with Crippen LogP contribution in [-0.2, 0) is 0 Å². The maximum atomic E-state index is 5.93. The van der Waals surface area contributed by atoms with Gasteiger partial charge in [-0.15, -0.1) is 8.58 Å². The highest BCUT2D eigenvalue weighted by Gasteiger charge is 1.94. The van der Waals surface area contributed by atoms with Crippen LogP contribution in [0.25, 0.3) is 0 Å². The first-order valence-corrected chi connectivity index (χ1v) is 9.22. The van der Waals surface area contributed by atoms with Crippen molar-refractivity contribution in [3.8, 4) is 0 Å². The Kier molecular flexibility index (Phi) is 14.1. The van der Waals surface area contributed by atoms with Crippen LogP contribution in [0.3, 0.4) is 0 Å². The van der Waals surface area contributed by atoms with E-state index in [0.29, 0.717) is 0 Å². The fraction of sp³-hybridized carbons (Fsp3) is 0.733. The second kappa shape index (κ2) is 14.7. The number of nitrogens with two attached hydrogens (primary N) is 2. The molecule has 0 bridgehead atoms. The molecule has 0 aromatic heterocycles. The van der Waals surface area contributed by atoms with Crippen LogP contribution in [0.1, 0.15) is 58.8 Å². The van der Waals surface area contributed by atoms with Crippen molar-refractivity contribution in [2.75, 3.05) is 12.4 Å². The standard InChI is InChI=1S/C15H33N4P/c1-3-5-7-8-10-20-13-18-12-15(19-17)11-14(16)9-6-4-2/h11-12,18-20H,3-10,13,16-17H2,1-2H3/b14-11-,15-12-. The van der Waals surface area contributed by atoms with Gasteiger partial charge in [0.25, 0.3) is 0 Å². The fourth-order valence-electron chi connectivity index (χ4n) is 1.78. The Bertz CT molecular complexity index is 277. The number of hydrazine groups is 1. The SMILES string of the molecule is CCCCCCPCN/C=C(/C=C(\N)CCCC)NN. The minimum Gasteiger partial charge on any atom is -0.402 e. The van der Waals surface area contributed by atoms with Gasteiger partial charge >= 0.3 is 0 Å². The predicted octanol–water partition coefficient (Wildman–Crippen LogP) is 3.13. The number of allylic oxidation sites excluding steroid dienone is 2. The topological polar surface area (TPSA) is 76.1 Å². The summed E-state index contributed by atoms with van der Waals surface area (Å²) in [5.41, 5.74) is 10.3. The van der Waals surface area contributed by atoms with Gasteiger partial charge in [0.05, 0.1) is 5.70 Å². The number of rotatable bonds is 13. The van der Waals surface area contributed by atoms with Crippen molar-refractivity contribution in [1.29, 1.82) is 0 Å². The predicted molar refractivity (Wildman–Crippen MR) is 92.5 cm³/mol. The van der Waals surface area contributed by atoms with Crippen molar-refractivity contribution < 1.29 is 0 Å². The lowest BCUT2D eigenvalue weighted by Crippen LogP contribution is -2.23. The lowest BCUT2D eigenvalue weighted by atomic mass is 10.2. The van der Waals surface area contributed by atoms with E-state index >= 15 is 0 Å². The summed E-state index contributed by atoms with van der Waals surface area (Å²) in [6.45, 7) is 4.41. The van der Waals surface area contributed by atoms with Crippen molar-refractivity contribution in [2.24, 2.45) is 11.6 Å². The molecule has 4 nitrogen and oxygen atoms in total. The van der Waals surface area contributed by atoms with Gasteiger partial charge < -0.3 is 16.5 Å². The van der Waals surface area contributed by atoms with Crippen molar-refractivity contribution in [3.05, 3.63) is 23.7 Å². The van der Waals surface area contributed by atoms with Crippen molar-refractivity contribution in [1.82, 2.24) is 10.7 Å². The van der Waals surface area contributed by atoms with Gasteiger partial charge in [0.1, 0.15) is 0 Å². The molecular formula is C15H33N4P. The Morgan fingerprint density at radius 1 is 1.10 bits per heavy atom. The van der Waals surface area contributed by atoms with Crippen molar-refractivity contribution in [3.63, 3.8) is 0 Å². The molecule has 6 N–H and O–H groups in total. The van der Waals surface area contributed by atoms with Crippen LogP contribution >= 0.6 is 8.58 Å². The zero-order chi connectivity index (χ0) is 15.1. The summed E-state index contributed by atoms with van der Waals surface area (Å²) in [6, 6.07) is 0. The van der Waals surface area contributed by atoms with E-state index in [9.17, 15) is 0 Å². The van der Waals surface area contributed by atoms with Crippen LogP contribution in [0, 0.1) is 0 Å². The molecule has 0 aliphatic carbocycles. The molecule has 0 saturated carbocycles. The Labute approximate surface area is 126 Å². The van der Waals surface area contributed by atoms with Crippen LogP contribution in [0.5, 0.6) is 0 Å². The molecule has 0 heterocycles. The summed E-state index contributed by atoms with van der Waals surface area (Å²) in [6.07, 6.45) is 14.7. The Hall–Kier alpha value is -0.730. The first-order chi connectivity index (χ1) is 9.74. The number of unbranched alkanes of at least 4 members (excludes halogenated alkanes) is 4. The molecule has 1 unspecified atom stereocenters. The van der Waals surface area contributed by atoms with E-state index < -0.39 is 0 Å². The zero-order valence-corrected chi connectivity index (χ0v) is 14.2. The minimum absolute atomic E-state index is 0.842. The van der Waals surface area contributed by atoms with E-state index in [-0.39, 0.29) is 0 Å². The Morgan fingerprint density at radius 3 is 2.50 bits per heavy atom. The highest BCUT2D eigenvalue weighted by Crippen LogP contribution is 2.12. The van der Waals surface area contributed by atoms with Crippen molar-refractivity contribution in [2.45, 2.75) is 58.8 Å². The summed E-state index contributed by atoms with van der Waals surface area (Å²) in [4.78, 5) is 0. The molecule has 0 aromatic rings. The molecule has 0 radical (unpaired) electrons. The van der Waals surface area contributed by atoms with Crippen LogP contribution < -0.4 is 22.3 Å². The van der Waals surface area contributed by atoms with Gasteiger partial charge in [-0.1, -0.05) is 39.5 Å². The molecule has 0 aromatic carbocycles. The maximum Gasteiger partial charge on any atom is 0.0659 e. The smallest absolute Gasteiger partial charge is 0.0659 e. The third-order valence-electron chi connectivity index (χ3n) is 3.02. The van der Waals surface area contributed by atoms with E-state index in [1.807, 2.05) is 12.3 Å². The number of hydrogen-bond donors (Lipinski definition) is 4. The fourth-order valence-corrected chi connectivity index (χ4v) is 2.70. The summed E-state index contributed by atoms with van der Waals surface area (Å²) in [7, 11) is 0.964. The van der Waals surface area contributed by atoms with Gasteiger partial charge in [0, 0.05) is 18.2 Å². The molecule has 1 atom stereocenters. The lowest BCUT2D eigenvalue weighted by Gasteiger charge is -2.06. The molecule has 0 aliphatic heterocycles. The van der Waals surface area contributed by atoms with E-state index in [1.165, 1.54) is 31.8 Å². The molecule has 118 valence electrons. The molecule has 0 saturated heterocycles. The normalized spacial score (nSPS) is 13.2. The maximum absolute atomic E-state index is 5.93. The van der Waals surface area contributed by atoms with Gasteiger partial charge in [-0.3, -0.25) is 5.84 Å². The average Bonchev–Trinajstić information content (AvgIpc) is 2.46. The number of nitrogens with one attached hydrogen (secondary N) is 2. The van der Waals surface area contributed by atoms with E-state index in [4.69, 9.17) is 11.6 Å². The van der Waals surface area contributed by atoms with Crippen LogP contribution in [0.2, 0.25) is 0 Å². The third kappa shape index (κ3) is 12.3. The first kappa shape index (κ1) is 19.3. The average molecular weight is 300 g/mol. The van der Waals surface area contributed by atoms with E-state index in [2.05, 4.69) is 24.6 Å². The second-order valence-corrected chi connectivity index (χ2v) is 6.36. The molecule has 0 rings (SSSR count). The summed E-state index contributed by atoms with van der Waals surface area (Å²) < 4.78 is 0. The number of hydrogen-bond acceptors (Lipinski definition) is 4. The largest absolute Gasteiger partial charge is 0.402 e. The second-order valence-electron chi connectivity index (χ2n) is 5.01. The van der Waals surface area contributed by atoms with Crippen LogP contribution in [-0.4, -0.2) is 12.4 Å². The van der Waals surface area contributed by atoms with Gasteiger partial charge in [-0.05, 0) is 31.5 Å². The van der Waals surface area contributed by atoms with Crippen LogP contribution in [0.15, 0.2) is 23.7 Å². The van der Waals surface area contributed by atoms with Crippen molar-refractivity contribution >= 4 is 8.58 Å². The molecule has 0 aliphatic rings. The molecule has 5 heteroatoms. The highest BCUT2D eigenvalue weighted by molar-refractivity contribution is 7.37. The zero-order valence-electron chi connectivity index (χ0n) is 13.2. The molecule has 0 fully saturated rings. The Balaban J connectivity index is 3.78. The first-order valence-electron chi connectivity index (χ1n) is 7.81. The molecule has 0 amide bonds. The summed E-state index contributed by atoms with van der Waals surface area (Å²) in [5, 5.41) is 3.30. The quantitative estimate of drug-likeness (QED) is 0.139. The van der Waals surface area contributed by atoms with Gasteiger partial charge in [-0.2, -0.15) is 0 Å². The molecule has 20 heavy (non-hydrogen) atoms. The van der Waals surface area contributed by atoms with Gasteiger partial charge in [0.2, 0.25) is 0 Å². The summed E-state index contributed by atoms with van der Waals surface area (Å²) >= 11 is 0. The molecule has 0 spiro atoms. The van der Waals surface area contributed by atoms with Gasteiger partial charge in [-0.25, -0.2) is 0 Å².